The number of carboxylic acid groups (broad SMARTS) is 1. The second-order valence-corrected chi connectivity index (χ2v) is 9.86. The first-order valence-electron chi connectivity index (χ1n) is 12.3. The fourth-order valence-electron chi connectivity index (χ4n) is 4.66. The number of pyridine rings is 1. The van der Waals surface area contributed by atoms with Gasteiger partial charge in [-0.1, -0.05) is 38.3 Å². The predicted molar refractivity (Wildman–Crippen MR) is 137 cm³/mol. The average Bonchev–Trinajstić information content (AvgIpc) is 3.32. The van der Waals surface area contributed by atoms with Gasteiger partial charge in [-0.3, -0.25) is 4.79 Å². The van der Waals surface area contributed by atoms with Crippen molar-refractivity contribution < 1.29 is 14.7 Å². The van der Waals surface area contributed by atoms with Crippen LogP contribution in [-0.4, -0.2) is 32.6 Å². The molecule has 2 aromatic heterocycles. The van der Waals surface area contributed by atoms with Crippen LogP contribution in [0.4, 0.5) is 5.82 Å². The van der Waals surface area contributed by atoms with Gasteiger partial charge in [0.15, 0.2) is 0 Å². The smallest absolute Gasteiger partial charge is 0.326 e. The Bertz CT molecular complexity index is 1160. The van der Waals surface area contributed by atoms with E-state index in [1.54, 1.807) is 6.20 Å². The molecule has 35 heavy (non-hydrogen) atoms. The van der Waals surface area contributed by atoms with Gasteiger partial charge in [-0.05, 0) is 66.8 Å². The molecule has 3 aromatic rings. The van der Waals surface area contributed by atoms with Gasteiger partial charge in [0.05, 0.1) is 0 Å². The van der Waals surface area contributed by atoms with Gasteiger partial charge in [-0.2, -0.15) is 0 Å². The highest BCUT2D eigenvalue weighted by Crippen LogP contribution is 2.36. The van der Waals surface area contributed by atoms with Gasteiger partial charge < -0.3 is 20.3 Å². The first-order chi connectivity index (χ1) is 16.8. The Morgan fingerprint density at radius 3 is 2.51 bits per heavy atom. The Morgan fingerprint density at radius 1 is 1.09 bits per heavy atom. The molecule has 1 aliphatic carbocycles. The number of hydrogen-bond acceptors (Lipinski definition) is 4. The van der Waals surface area contributed by atoms with Gasteiger partial charge in [0.2, 0.25) is 5.91 Å². The van der Waals surface area contributed by atoms with E-state index >= 15 is 0 Å². The van der Waals surface area contributed by atoms with E-state index in [1.807, 2.05) is 61.0 Å². The van der Waals surface area contributed by atoms with E-state index < -0.39 is 17.4 Å². The first-order valence-corrected chi connectivity index (χ1v) is 12.3. The van der Waals surface area contributed by atoms with Gasteiger partial charge in [0.25, 0.3) is 0 Å². The molecule has 0 spiro atoms. The van der Waals surface area contributed by atoms with Crippen LogP contribution in [0.2, 0.25) is 0 Å². The average molecular weight is 475 g/mol. The molecule has 184 valence electrons. The zero-order chi connectivity index (χ0) is 24.8. The van der Waals surface area contributed by atoms with Crippen LogP contribution in [0.1, 0.15) is 55.7 Å². The van der Waals surface area contributed by atoms with Crippen LogP contribution in [0.15, 0.2) is 61.1 Å². The number of hydrogen-bond donors (Lipinski definition) is 3. The summed E-state index contributed by atoms with van der Waals surface area (Å²) >= 11 is 0. The number of nitrogens with one attached hydrogen (secondary N) is 2. The molecule has 0 unspecified atom stereocenters. The monoisotopic (exact) mass is 474 g/mol. The quantitative estimate of drug-likeness (QED) is 0.411. The second kappa shape index (κ2) is 10.8. The van der Waals surface area contributed by atoms with Gasteiger partial charge in [-0.25, -0.2) is 9.78 Å². The van der Waals surface area contributed by atoms with Crippen molar-refractivity contribution in [3.8, 4) is 5.69 Å². The van der Waals surface area contributed by atoms with E-state index in [9.17, 15) is 14.7 Å². The number of rotatable bonds is 9. The van der Waals surface area contributed by atoms with Crippen LogP contribution in [0.25, 0.3) is 5.69 Å². The Labute approximate surface area is 206 Å². The lowest BCUT2D eigenvalue weighted by atomic mass is 9.75. The van der Waals surface area contributed by atoms with Crippen LogP contribution in [-0.2, 0) is 22.6 Å². The minimum atomic E-state index is -1.01. The van der Waals surface area contributed by atoms with E-state index in [0.717, 1.165) is 60.3 Å². The SMILES string of the molecule is Cc1ccnc(NCc2ccn(-c3ccc(C[C@H](NC(=O)C4(C)CCCCC4)C(=O)O)cc3)c2)c1. The third-order valence-corrected chi connectivity index (χ3v) is 6.93. The molecule has 0 saturated heterocycles. The van der Waals surface area contributed by atoms with Gasteiger partial charge in [-0.15, -0.1) is 0 Å². The summed E-state index contributed by atoms with van der Waals surface area (Å²) in [6.07, 6.45) is 10.9. The number of aromatic nitrogens is 2. The molecule has 4 rings (SSSR count). The van der Waals surface area contributed by atoms with E-state index in [1.165, 1.54) is 0 Å². The first kappa shape index (κ1) is 24.5. The number of nitrogens with zero attached hydrogens (tertiary/aromatic N) is 2. The number of amides is 1. The molecule has 1 aromatic carbocycles. The van der Waals surface area contributed by atoms with Crippen molar-refractivity contribution in [3.63, 3.8) is 0 Å². The van der Waals surface area contributed by atoms with Crippen LogP contribution >= 0.6 is 0 Å². The molecule has 1 aliphatic rings. The highest BCUT2D eigenvalue weighted by atomic mass is 16.4. The zero-order valence-corrected chi connectivity index (χ0v) is 20.5. The molecule has 7 nitrogen and oxygen atoms in total. The van der Waals surface area contributed by atoms with Crippen LogP contribution in [0.3, 0.4) is 0 Å². The maximum atomic E-state index is 12.8. The summed E-state index contributed by atoms with van der Waals surface area (Å²) in [5.74, 6) is -0.303. The van der Waals surface area contributed by atoms with E-state index in [4.69, 9.17) is 0 Å². The third-order valence-electron chi connectivity index (χ3n) is 6.93. The normalized spacial score (nSPS) is 15.8. The van der Waals surface area contributed by atoms with E-state index in [-0.39, 0.29) is 12.3 Å². The number of carbonyl (C=O) groups excluding carboxylic acids is 1. The van der Waals surface area contributed by atoms with Crippen molar-refractivity contribution in [3.05, 3.63) is 77.7 Å². The van der Waals surface area contributed by atoms with E-state index in [0.29, 0.717) is 6.54 Å². The molecule has 1 fully saturated rings. The summed E-state index contributed by atoms with van der Waals surface area (Å²) in [7, 11) is 0. The van der Waals surface area contributed by atoms with Gasteiger partial charge in [0, 0.05) is 42.7 Å². The topological polar surface area (TPSA) is 96.3 Å². The van der Waals surface area contributed by atoms with Crippen molar-refractivity contribution >= 4 is 17.7 Å². The van der Waals surface area contributed by atoms with Gasteiger partial charge >= 0.3 is 5.97 Å². The number of carboxylic acids is 1. The molecular formula is C28H34N4O3. The van der Waals surface area contributed by atoms with Crippen LogP contribution in [0.5, 0.6) is 0 Å². The highest BCUT2D eigenvalue weighted by Gasteiger charge is 2.36. The largest absolute Gasteiger partial charge is 0.480 e. The molecule has 1 amide bonds. The van der Waals surface area contributed by atoms with Crippen molar-refractivity contribution in [2.24, 2.45) is 5.41 Å². The van der Waals surface area contributed by atoms with Crippen molar-refractivity contribution in [1.29, 1.82) is 0 Å². The second-order valence-electron chi connectivity index (χ2n) is 9.86. The van der Waals surface area contributed by atoms with Crippen LogP contribution < -0.4 is 10.6 Å². The van der Waals surface area contributed by atoms with Gasteiger partial charge in [0.1, 0.15) is 11.9 Å². The summed E-state index contributed by atoms with van der Waals surface area (Å²) in [5, 5.41) is 15.9. The molecule has 0 bridgehead atoms. The number of aliphatic carboxylic acids is 1. The standard InChI is InChI=1S/C28H34N4O3/c1-20-10-14-29-25(16-20)30-18-22-11-15-32(19-22)23-8-6-21(7-9-23)17-24(26(33)34)31-27(35)28(2)12-4-3-5-13-28/h6-11,14-16,19,24H,3-5,12-13,17-18H2,1-2H3,(H,29,30)(H,31,35)(H,33,34)/t24-/m0/s1. The lowest BCUT2D eigenvalue weighted by molar-refractivity contribution is -0.144. The molecule has 2 heterocycles. The lowest BCUT2D eigenvalue weighted by Crippen LogP contribution is -2.49. The molecule has 7 heteroatoms. The number of carbonyl (C=O) groups is 2. The van der Waals surface area contributed by atoms with Crippen molar-refractivity contribution in [1.82, 2.24) is 14.9 Å². The minimum absolute atomic E-state index is 0.143. The van der Waals surface area contributed by atoms with Crippen molar-refractivity contribution in [2.45, 2.75) is 65.0 Å². The predicted octanol–water partition coefficient (Wildman–Crippen LogP) is 4.88. The maximum Gasteiger partial charge on any atom is 0.326 e. The summed E-state index contributed by atoms with van der Waals surface area (Å²) in [5.41, 5.74) is 3.68. The minimum Gasteiger partial charge on any atom is -0.480 e. The molecule has 1 atom stereocenters. The lowest BCUT2D eigenvalue weighted by Gasteiger charge is -2.33. The van der Waals surface area contributed by atoms with Crippen LogP contribution in [0, 0.1) is 12.3 Å². The molecule has 1 saturated carbocycles. The molecule has 3 N–H and O–H groups in total. The van der Waals surface area contributed by atoms with Crippen molar-refractivity contribution in [2.75, 3.05) is 5.32 Å². The summed E-state index contributed by atoms with van der Waals surface area (Å²) in [6, 6.07) is 12.9. The highest BCUT2D eigenvalue weighted by molar-refractivity contribution is 5.87. The molecule has 0 aliphatic heterocycles. The Balaban J connectivity index is 1.36. The Morgan fingerprint density at radius 2 is 1.83 bits per heavy atom. The number of aryl methyl sites for hydroxylation is 1. The summed E-state index contributed by atoms with van der Waals surface area (Å²) in [6.45, 7) is 4.66. The molecule has 0 radical (unpaired) electrons. The maximum absolute atomic E-state index is 12.8. The molecular weight excluding hydrogens is 440 g/mol. The Hall–Kier alpha value is -3.61. The zero-order valence-electron chi connectivity index (χ0n) is 20.5. The Kier molecular flexibility index (Phi) is 7.54. The summed E-state index contributed by atoms with van der Waals surface area (Å²) < 4.78 is 2.03. The third kappa shape index (κ3) is 6.29. The summed E-state index contributed by atoms with van der Waals surface area (Å²) in [4.78, 5) is 29.0. The number of benzene rings is 1. The number of anilines is 1. The fraction of sp³-hybridized carbons (Fsp3) is 0.393. The van der Waals surface area contributed by atoms with E-state index in [2.05, 4.69) is 27.9 Å². The fourth-order valence-corrected chi connectivity index (χ4v) is 4.66.